The summed E-state index contributed by atoms with van der Waals surface area (Å²) >= 11 is 0. The Morgan fingerprint density at radius 1 is 1.36 bits per heavy atom. The van der Waals surface area contributed by atoms with Crippen LogP contribution in [0.4, 0.5) is 0 Å². The molecule has 1 atom stereocenters. The topological polar surface area (TPSA) is 17.1 Å². The molecule has 2 rings (SSSR count). The zero-order valence-electron chi connectivity index (χ0n) is 8.57. The van der Waals surface area contributed by atoms with Gasteiger partial charge in [0.05, 0.1) is 0 Å². The Hall–Kier alpha value is -1.11. The van der Waals surface area contributed by atoms with Gasteiger partial charge < -0.3 is 0 Å². The maximum Gasteiger partial charge on any atom is 0.139 e. The van der Waals surface area contributed by atoms with Gasteiger partial charge in [-0.1, -0.05) is 37.3 Å². The van der Waals surface area contributed by atoms with E-state index in [1.54, 1.807) is 0 Å². The van der Waals surface area contributed by atoms with Crippen LogP contribution in [0.25, 0.3) is 0 Å². The van der Waals surface area contributed by atoms with E-state index in [4.69, 9.17) is 0 Å². The van der Waals surface area contributed by atoms with E-state index in [0.717, 1.165) is 19.3 Å². The highest BCUT2D eigenvalue weighted by molar-refractivity contribution is 5.85. The van der Waals surface area contributed by atoms with Crippen molar-refractivity contribution in [2.75, 3.05) is 0 Å². The number of benzene rings is 1. The average molecular weight is 188 g/mol. The Labute approximate surface area is 85.1 Å². The first kappa shape index (κ1) is 9.45. The Morgan fingerprint density at radius 3 is 2.57 bits per heavy atom. The molecule has 1 aromatic rings. The lowest BCUT2D eigenvalue weighted by atomic mass is 9.95. The maximum atomic E-state index is 11.7. The van der Waals surface area contributed by atoms with Crippen molar-refractivity contribution in [3.05, 3.63) is 35.9 Å². The number of ketones is 1. The molecule has 0 unspecified atom stereocenters. The summed E-state index contributed by atoms with van der Waals surface area (Å²) in [6.45, 7) is 2.05. The highest BCUT2D eigenvalue weighted by atomic mass is 16.1. The molecule has 1 aromatic carbocycles. The van der Waals surface area contributed by atoms with Gasteiger partial charge in [0.1, 0.15) is 5.78 Å². The maximum absolute atomic E-state index is 11.7. The lowest BCUT2D eigenvalue weighted by Crippen LogP contribution is -2.15. The first-order chi connectivity index (χ1) is 6.77. The molecule has 0 aromatic heterocycles. The fourth-order valence-corrected chi connectivity index (χ4v) is 1.84. The first-order valence-corrected chi connectivity index (χ1v) is 5.35. The second-order valence-electron chi connectivity index (χ2n) is 4.27. The fourth-order valence-electron chi connectivity index (χ4n) is 1.84. The van der Waals surface area contributed by atoms with Crippen molar-refractivity contribution in [2.45, 2.75) is 26.2 Å². The van der Waals surface area contributed by atoms with Crippen molar-refractivity contribution in [1.29, 1.82) is 0 Å². The summed E-state index contributed by atoms with van der Waals surface area (Å²) in [5.41, 5.74) is 1.27. The van der Waals surface area contributed by atoms with Gasteiger partial charge in [0.15, 0.2) is 0 Å². The average Bonchev–Trinajstić information content (AvgIpc) is 3.01. The first-order valence-electron chi connectivity index (χ1n) is 5.35. The molecule has 1 saturated carbocycles. The summed E-state index contributed by atoms with van der Waals surface area (Å²) < 4.78 is 0. The molecule has 1 aliphatic rings. The molecule has 0 heterocycles. The van der Waals surface area contributed by atoms with Gasteiger partial charge in [-0.3, -0.25) is 4.79 Å². The Kier molecular flexibility index (Phi) is 2.67. The molecule has 0 amide bonds. The molecule has 1 aliphatic carbocycles. The molecule has 1 fully saturated rings. The lowest BCUT2D eigenvalue weighted by molar-refractivity contribution is -0.123. The van der Waals surface area contributed by atoms with Gasteiger partial charge in [-0.2, -0.15) is 0 Å². The lowest BCUT2D eigenvalue weighted by Gasteiger charge is -2.09. The summed E-state index contributed by atoms with van der Waals surface area (Å²) in [5, 5.41) is 0. The Bertz CT molecular complexity index is 311. The van der Waals surface area contributed by atoms with Crippen LogP contribution in [0.5, 0.6) is 0 Å². The third-order valence-corrected chi connectivity index (χ3v) is 2.85. The third kappa shape index (κ3) is 2.22. The second kappa shape index (κ2) is 3.95. The van der Waals surface area contributed by atoms with Gasteiger partial charge in [0.25, 0.3) is 0 Å². The van der Waals surface area contributed by atoms with Gasteiger partial charge in [0.2, 0.25) is 0 Å². The van der Waals surface area contributed by atoms with E-state index in [-0.39, 0.29) is 5.92 Å². The monoisotopic (exact) mass is 188 g/mol. The van der Waals surface area contributed by atoms with Crippen molar-refractivity contribution in [1.82, 2.24) is 0 Å². The van der Waals surface area contributed by atoms with Gasteiger partial charge in [-0.25, -0.2) is 0 Å². The number of rotatable bonds is 4. The summed E-state index contributed by atoms with van der Waals surface area (Å²) in [7, 11) is 0. The van der Waals surface area contributed by atoms with Crippen LogP contribution in [0.15, 0.2) is 30.3 Å². The molecule has 14 heavy (non-hydrogen) atoms. The number of hydrogen-bond donors (Lipinski definition) is 0. The van der Waals surface area contributed by atoms with Crippen LogP contribution < -0.4 is 0 Å². The highest BCUT2D eigenvalue weighted by Crippen LogP contribution is 2.33. The zero-order chi connectivity index (χ0) is 9.97. The molecule has 0 saturated heterocycles. The van der Waals surface area contributed by atoms with Crippen molar-refractivity contribution in [3.63, 3.8) is 0 Å². The van der Waals surface area contributed by atoms with Crippen LogP contribution in [0.2, 0.25) is 0 Å². The number of Topliss-reactive ketones (excluding diaryl/α,β-unsaturated/α-hetero) is 1. The molecule has 0 spiro atoms. The zero-order valence-corrected chi connectivity index (χ0v) is 8.57. The van der Waals surface area contributed by atoms with Crippen LogP contribution in [0.1, 0.15) is 25.3 Å². The highest BCUT2D eigenvalue weighted by Gasteiger charge is 2.32. The minimum Gasteiger partial charge on any atom is -0.299 e. The molecule has 0 radical (unpaired) electrons. The van der Waals surface area contributed by atoms with Crippen molar-refractivity contribution >= 4 is 5.78 Å². The largest absolute Gasteiger partial charge is 0.299 e. The van der Waals surface area contributed by atoms with Crippen molar-refractivity contribution in [3.8, 4) is 0 Å². The van der Waals surface area contributed by atoms with E-state index in [0.29, 0.717) is 11.7 Å². The van der Waals surface area contributed by atoms with Gasteiger partial charge in [-0.05, 0) is 24.8 Å². The number of hydrogen-bond acceptors (Lipinski definition) is 1. The summed E-state index contributed by atoms with van der Waals surface area (Å²) in [4.78, 5) is 11.7. The number of carbonyl (C=O) groups excluding carboxylic acids is 1. The SMILES string of the molecule is C[C@H](Cc1ccccc1)C(=O)C1CC1. The van der Waals surface area contributed by atoms with Crippen LogP contribution >= 0.6 is 0 Å². The van der Waals surface area contributed by atoms with Crippen molar-refractivity contribution < 1.29 is 4.79 Å². The van der Waals surface area contributed by atoms with Crippen LogP contribution in [-0.2, 0) is 11.2 Å². The third-order valence-electron chi connectivity index (χ3n) is 2.85. The standard InChI is InChI=1S/C13H16O/c1-10(13(14)12-7-8-12)9-11-5-3-2-4-6-11/h2-6,10,12H,7-9H2,1H3/t10-/m1/s1. The minimum absolute atomic E-state index is 0.199. The van der Waals surface area contributed by atoms with E-state index in [1.165, 1.54) is 5.56 Å². The molecule has 0 bridgehead atoms. The fraction of sp³-hybridized carbons (Fsp3) is 0.462. The van der Waals surface area contributed by atoms with Gasteiger partial charge >= 0.3 is 0 Å². The van der Waals surface area contributed by atoms with Crippen LogP contribution in [-0.4, -0.2) is 5.78 Å². The predicted octanol–water partition coefficient (Wildman–Crippen LogP) is 2.84. The second-order valence-corrected chi connectivity index (χ2v) is 4.27. The van der Waals surface area contributed by atoms with Crippen LogP contribution in [0, 0.1) is 11.8 Å². The quantitative estimate of drug-likeness (QED) is 0.710. The summed E-state index contributed by atoms with van der Waals surface area (Å²) in [5.74, 6) is 1.06. The van der Waals surface area contributed by atoms with Crippen LogP contribution in [0.3, 0.4) is 0 Å². The predicted molar refractivity (Wildman–Crippen MR) is 57.0 cm³/mol. The summed E-state index contributed by atoms with van der Waals surface area (Å²) in [6, 6.07) is 10.3. The van der Waals surface area contributed by atoms with Gasteiger partial charge in [-0.15, -0.1) is 0 Å². The molecule has 0 aliphatic heterocycles. The Balaban J connectivity index is 1.93. The summed E-state index contributed by atoms with van der Waals surface area (Å²) in [6.07, 6.45) is 3.14. The van der Waals surface area contributed by atoms with E-state index in [2.05, 4.69) is 12.1 Å². The molecular weight excluding hydrogens is 172 g/mol. The normalized spacial score (nSPS) is 17.8. The van der Waals surface area contributed by atoms with Gasteiger partial charge in [0, 0.05) is 11.8 Å². The smallest absolute Gasteiger partial charge is 0.139 e. The Morgan fingerprint density at radius 2 is 2.00 bits per heavy atom. The van der Waals surface area contributed by atoms with Crippen molar-refractivity contribution in [2.24, 2.45) is 11.8 Å². The molecular formula is C13H16O. The molecule has 1 heteroatoms. The minimum atomic E-state index is 0.199. The molecule has 74 valence electrons. The number of carbonyl (C=O) groups is 1. The van der Waals surface area contributed by atoms with E-state index >= 15 is 0 Å². The van der Waals surface area contributed by atoms with E-state index in [1.807, 2.05) is 25.1 Å². The molecule has 0 N–H and O–H groups in total. The van der Waals surface area contributed by atoms with E-state index in [9.17, 15) is 4.79 Å². The molecule has 1 nitrogen and oxygen atoms in total. The van der Waals surface area contributed by atoms with E-state index < -0.39 is 0 Å².